The van der Waals surface area contributed by atoms with Crippen molar-refractivity contribution in [1.82, 2.24) is 8.75 Å². The van der Waals surface area contributed by atoms with Gasteiger partial charge in [-0.25, -0.2) is 0 Å². The van der Waals surface area contributed by atoms with Crippen LogP contribution in [0.25, 0.3) is 11.0 Å². The summed E-state index contributed by atoms with van der Waals surface area (Å²) >= 11 is 7.18. The molecule has 1 aromatic heterocycles. The highest BCUT2D eigenvalue weighted by atomic mass is 35.5. The molecule has 0 saturated carbocycles. The van der Waals surface area contributed by atoms with Crippen LogP contribution in [0.4, 0.5) is 5.69 Å². The Morgan fingerprint density at radius 2 is 2.26 bits per heavy atom. The van der Waals surface area contributed by atoms with E-state index in [1.165, 1.54) is 0 Å². The number of halogens is 1. The molecule has 1 amide bonds. The summed E-state index contributed by atoms with van der Waals surface area (Å²) in [6.45, 7) is 3.94. The molecular formula is C12H15ClN4OS. The van der Waals surface area contributed by atoms with E-state index in [0.29, 0.717) is 21.7 Å². The van der Waals surface area contributed by atoms with E-state index in [9.17, 15) is 4.79 Å². The first kappa shape index (κ1) is 14.2. The number of nitrogens with zero attached hydrogens (tertiary/aromatic N) is 2. The van der Waals surface area contributed by atoms with Gasteiger partial charge in [0.25, 0.3) is 0 Å². The molecule has 7 heteroatoms. The van der Waals surface area contributed by atoms with Crippen molar-refractivity contribution in [2.75, 3.05) is 5.32 Å². The molecule has 102 valence electrons. The van der Waals surface area contributed by atoms with Crippen LogP contribution in [0.3, 0.4) is 0 Å². The van der Waals surface area contributed by atoms with Gasteiger partial charge in [-0.05, 0) is 18.1 Å². The number of nitrogens with one attached hydrogen (secondary N) is 1. The van der Waals surface area contributed by atoms with Crippen LogP contribution in [0, 0.1) is 5.92 Å². The van der Waals surface area contributed by atoms with Crippen LogP contribution in [-0.4, -0.2) is 20.7 Å². The molecule has 2 rings (SSSR count). The number of benzene rings is 1. The molecule has 5 nitrogen and oxygen atoms in total. The minimum Gasteiger partial charge on any atom is -0.322 e. The standard InChI is InChI=1S/C12H15ClN4OS/c1-3-6(2)9(14)12(18)15-10-7(13)4-5-8-11(10)17-19-16-8/h4-6,9H,3,14H2,1-2H3,(H,15,18)/t6?,9-/m0/s1. The van der Waals surface area contributed by atoms with Crippen LogP contribution in [0.15, 0.2) is 12.1 Å². The number of carbonyl (C=O) groups is 1. The summed E-state index contributed by atoms with van der Waals surface area (Å²) in [7, 11) is 0. The van der Waals surface area contributed by atoms with Gasteiger partial charge < -0.3 is 11.1 Å². The van der Waals surface area contributed by atoms with Gasteiger partial charge in [0.1, 0.15) is 11.0 Å². The second-order valence-electron chi connectivity index (χ2n) is 4.45. The van der Waals surface area contributed by atoms with Crippen molar-refractivity contribution in [3.8, 4) is 0 Å². The molecule has 1 aromatic carbocycles. The molecule has 19 heavy (non-hydrogen) atoms. The zero-order valence-corrected chi connectivity index (χ0v) is 12.3. The third-order valence-corrected chi connectivity index (χ3v) is 4.04. The second-order valence-corrected chi connectivity index (χ2v) is 5.39. The number of rotatable bonds is 4. The molecule has 0 bridgehead atoms. The molecule has 0 spiro atoms. The molecule has 0 aliphatic heterocycles. The second kappa shape index (κ2) is 5.81. The van der Waals surface area contributed by atoms with Crippen molar-refractivity contribution in [2.45, 2.75) is 26.3 Å². The number of amides is 1. The minimum absolute atomic E-state index is 0.103. The molecule has 0 fully saturated rings. The summed E-state index contributed by atoms with van der Waals surface area (Å²) in [5.41, 5.74) is 7.69. The maximum atomic E-state index is 12.1. The Morgan fingerprint density at radius 3 is 2.95 bits per heavy atom. The molecule has 0 aliphatic rings. The molecule has 0 saturated heterocycles. The maximum absolute atomic E-state index is 12.1. The van der Waals surface area contributed by atoms with E-state index in [4.69, 9.17) is 17.3 Å². The number of anilines is 1. The molecule has 1 unspecified atom stereocenters. The first-order valence-corrected chi connectivity index (χ1v) is 7.12. The topological polar surface area (TPSA) is 80.9 Å². The Labute approximate surface area is 120 Å². The van der Waals surface area contributed by atoms with E-state index in [1.807, 2.05) is 13.8 Å². The van der Waals surface area contributed by atoms with Gasteiger partial charge in [-0.1, -0.05) is 31.9 Å². The summed E-state index contributed by atoms with van der Waals surface area (Å²) in [6, 6.07) is 2.89. The number of carbonyl (C=O) groups excluding carboxylic acids is 1. The maximum Gasteiger partial charge on any atom is 0.241 e. The van der Waals surface area contributed by atoms with Crippen molar-refractivity contribution in [1.29, 1.82) is 0 Å². The number of aromatic nitrogens is 2. The third kappa shape index (κ3) is 2.86. The lowest BCUT2D eigenvalue weighted by Crippen LogP contribution is -2.40. The fourth-order valence-corrected chi connectivity index (χ4v) is 2.41. The van der Waals surface area contributed by atoms with Crippen LogP contribution in [0.1, 0.15) is 20.3 Å². The van der Waals surface area contributed by atoms with Crippen LogP contribution in [-0.2, 0) is 4.79 Å². The highest BCUT2D eigenvalue weighted by Gasteiger charge is 2.21. The van der Waals surface area contributed by atoms with Crippen LogP contribution in [0.2, 0.25) is 5.02 Å². The number of nitrogens with two attached hydrogens (primary N) is 1. The summed E-state index contributed by atoms with van der Waals surface area (Å²) < 4.78 is 8.26. The number of fused-ring (bicyclic) bond motifs is 1. The minimum atomic E-state index is -0.567. The molecular weight excluding hydrogens is 284 g/mol. The van der Waals surface area contributed by atoms with Crippen LogP contribution >= 0.6 is 23.3 Å². The summed E-state index contributed by atoms with van der Waals surface area (Å²) in [6.07, 6.45) is 0.838. The SMILES string of the molecule is CCC(C)[C@H](N)C(=O)Nc1c(Cl)ccc2nsnc12. The van der Waals surface area contributed by atoms with Crippen molar-refractivity contribution < 1.29 is 4.79 Å². The first-order valence-electron chi connectivity index (χ1n) is 6.01. The van der Waals surface area contributed by atoms with Gasteiger partial charge >= 0.3 is 0 Å². The normalized spacial score (nSPS) is 14.3. The van der Waals surface area contributed by atoms with Gasteiger partial charge in [-0.15, -0.1) is 0 Å². The summed E-state index contributed by atoms with van der Waals surface area (Å²) in [5.74, 6) is -0.150. The average molecular weight is 299 g/mol. The van der Waals surface area contributed by atoms with E-state index in [2.05, 4.69) is 14.1 Å². The Kier molecular flexibility index (Phi) is 4.34. The van der Waals surface area contributed by atoms with E-state index in [-0.39, 0.29) is 11.8 Å². The molecule has 1 heterocycles. The smallest absolute Gasteiger partial charge is 0.241 e. The van der Waals surface area contributed by atoms with E-state index in [1.54, 1.807) is 12.1 Å². The third-order valence-electron chi connectivity index (χ3n) is 3.19. The van der Waals surface area contributed by atoms with Crippen molar-refractivity contribution >= 4 is 46.0 Å². The van der Waals surface area contributed by atoms with E-state index < -0.39 is 6.04 Å². The summed E-state index contributed by atoms with van der Waals surface area (Å²) in [5, 5.41) is 3.20. The van der Waals surface area contributed by atoms with Gasteiger partial charge in [0, 0.05) is 0 Å². The quantitative estimate of drug-likeness (QED) is 0.909. The average Bonchev–Trinajstić information content (AvgIpc) is 2.88. The zero-order valence-electron chi connectivity index (χ0n) is 10.7. The van der Waals surface area contributed by atoms with Crippen LogP contribution in [0.5, 0.6) is 0 Å². The van der Waals surface area contributed by atoms with E-state index >= 15 is 0 Å². The van der Waals surface area contributed by atoms with Gasteiger partial charge in [-0.3, -0.25) is 4.79 Å². The summed E-state index contributed by atoms with van der Waals surface area (Å²) in [4.78, 5) is 12.1. The predicted molar refractivity (Wildman–Crippen MR) is 78.5 cm³/mol. The highest BCUT2D eigenvalue weighted by molar-refractivity contribution is 7.00. The lowest BCUT2D eigenvalue weighted by atomic mass is 9.99. The Morgan fingerprint density at radius 1 is 1.53 bits per heavy atom. The Bertz CT molecular complexity index is 600. The number of hydrogen-bond donors (Lipinski definition) is 2. The molecule has 0 aliphatic carbocycles. The van der Waals surface area contributed by atoms with Gasteiger partial charge in [0.15, 0.2) is 0 Å². The lowest BCUT2D eigenvalue weighted by molar-refractivity contribution is -0.118. The molecule has 0 radical (unpaired) electrons. The zero-order chi connectivity index (χ0) is 14.0. The fraction of sp³-hybridized carbons (Fsp3) is 0.417. The fourth-order valence-electron chi connectivity index (χ4n) is 1.66. The Hall–Kier alpha value is -1.24. The van der Waals surface area contributed by atoms with Crippen molar-refractivity contribution in [2.24, 2.45) is 11.7 Å². The molecule has 2 aromatic rings. The number of hydrogen-bond acceptors (Lipinski definition) is 5. The van der Waals surface area contributed by atoms with Crippen molar-refractivity contribution in [3.63, 3.8) is 0 Å². The van der Waals surface area contributed by atoms with E-state index in [0.717, 1.165) is 18.1 Å². The first-order chi connectivity index (χ1) is 9.04. The van der Waals surface area contributed by atoms with Crippen LogP contribution < -0.4 is 11.1 Å². The lowest BCUT2D eigenvalue weighted by Gasteiger charge is -2.18. The largest absolute Gasteiger partial charge is 0.322 e. The van der Waals surface area contributed by atoms with Gasteiger partial charge in [0.05, 0.1) is 28.5 Å². The monoisotopic (exact) mass is 298 g/mol. The van der Waals surface area contributed by atoms with Crippen molar-refractivity contribution in [3.05, 3.63) is 17.2 Å². The predicted octanol–water partition coefficient (Wildman–Crippen LogP) is 2.66. The Balaban J connectivity index is 2.28. The molecule has 2 atom stereocenters. The van der Waals surface area contributed by atoms with Gasteiger partial charge in [0.2, 0.25) is 5.91 Å². The highest BCUT2D eigenvalue weighted by Crippen LogP contribution is 2.30. The van der Waals surface area contributed by atoms with Gasteiger partial charge in [-0.2, -0.15) is 8.75 Å². The molecule has 3 N–H and O–H groups in total.